The lowest BCUT2D eigenvalue weighted by atomic mass is 9.98. The first kappa shape index (κ1) is 17.5. The van der Waals surface area contributed by atoms with Gasteiger partial charge in [0.1, 0.15) is 0 Å². The molecule has 0 saturated carbocycles. The van der Waals surface area contributed by atoms with Crippen molar-refractivity contribution in [2.24, 2.45) is 5.92 Å². The summed E-state index contributed by atoms with van der Waals surface area (Å²) in [6.45, 7) is 12.5. The maximum Gasteiger partial charge on any atom is 0.0252 e. The molecule has 0 fully saturated rings. The zero-order valence-electron chi connectivity index (χ0n) is 13.6. The molecule has 0 amide bonds. The van der Waals surface area contributed by atoms with Crippen molar-refractivity contribution in [2.45, 2.75) is 66.0 Å². The maximum atomic E-state index is 2.45. The first-order valence-electron chi connectivity index (χ1n) is 7.58. The van der Waals surface area contributed by atoms with E-state index in [1.807, 2.05) is 0 Å². The quantitative estimate of drug-likeness (QED) is 0.614. The van der Waals surface area contributed by atoms with Crippen molar-refractivity contribution in [3.63, 3.8) is 0 Å². The first-order chi connectivity index (χ1) is 8.47. The van der Waals surface area contributed by atoms with Gasteiger partial charge in [0.2, 0.25) is 0 Å². The van der Waals surface area contributed by atoms with E-state index in [0.29, 0.717) is 18.0 Å². The summed E-state index contributed by atoms with van der Waals surface area (Å²) in [4.78, 5) is 4.79. The predicted molar refractivity (Wildman–Crippen MR) is 82.8 cm³/mol. The summed E-state index contributed by atoms with van der Waals surface area (Å²) in [5.74, 6) is 0.608. The molecule has 0 heterocycles. The zero-order valence-corrected chi connectivity index (χ0v) is 13.6. The molecular weight excluding hydrogens is 220 g/mol. The van der Waals surface area contributed by atoms with Crippen LogP contribution in [0.15, 0.2) is 12.3 Å². The van der Waals surface area contributed by atoms with Gasteiger partial charge in [0.15, 0.2) is 0 Å². The first-order valence-corrected chi connectivity index (χ1v) is 7.58. The van der Waals surface area contributed by atoms with Crippen LogP contribution in [0, 0.1) is 5.92 Å². The molecule has 0 aromatic rings. The van der Waals surface area contributed by atoms with Crippen LogP contribution in [0.2, 0.25) is 0 Å². The van der Waals surface area contributed by atoms with Crippen LogP contribution in [-0.2, 0) is 0 Å². The van der Waals surface area contributed by atoms with E-state index in [-0.39, 0.29) is 0 Å². The summed E-state index contributed by atoms with van der Waals surface area (Å²) in [7, 11) is 4.41. The van der Waals surface area contributed by atoms with Gasteiger partial charge in [-0.1, -0.05) is 40.2 Å². The molecule has 0 aliphatic rings. The molecule has 0 aromatic carbocycles. The number of rotatable bonds is 9. The fourth-order valence-corrected chi connectivity index (χ4v) is 2.49. The minimum atomic E-state index is 0.608. The highest BCUT2D eigenvalue weighted by atomic mass is 15.1. The van der Waals surface area contributed by atoms with Crippen molar-refractivity contribution in [3.05, 3.63) is 12.3 Å². The summed E-state index contributed by atoms with van der Waals surface area (Å²) in [6, 6.07) is 1.29. The average Bonchev–Trinajstić information content (AvgIpc) is 2.36. The van der Waals surface area contributed by atoms with Crippen LogP contribution in [-0.4, -0.2) is 42.5 Å². The number of nitrogens with zero attached hydrogens (tertiary/aromatic N) is 2. The molecule has 0 saturated heterocycles. The van der Waals surface area contributed by atoms with Gasteiger partial charge < -0.3 is 9.80 Å². The summed E-state index contributed by atoms with van der Waals surface area (Å²) >= 11 is 0. The molecule has 0 N–H and O–H groups in total. The average molecular weight is 254 g/mol. The maximum absolute atomic E-state index is 2.45. The highest BCUT2D eigenvalue weighted by molar-refractivity contribution is 4.92. The van der Waals surface area contributed by atoms with Crippen LogP contribution in [0.4, 0.5) is 0 Å². The lowest BCUT2D eigenvalue weighted by Crippen LogP contribution is -2.35. The largest absolute Gasteiger partial charge is 0.378 e. The third-order valence-electron chi connectivity index (χ3n) is 4.12. The molecule has 3 unspecified atom stereocenters. The van der Waals surface area contributed by atoms with E-state index in [2.05, 4.69) is 70.8 Å². The molecule has 0 aromatic heterocycles. The van der Waals surface area contributed by atoms with Gasteiger partial charge in [-0.3, -0.25) is 0 Å². The standard InChI is InChI=1S/C16H34N2/c1-8-11-15(5)18(7)13-12-14(4)16(9-2)17(6)10-3/h12-16H,8-11H2,1-7H3/b13-12+. The normalized spacial score (nSPS) is 17.1. The Morgan fingerprint density at radius 1 is 1.06 bits per heavy atom. The van der Waals surface area contributed by atoms with E-state index in [0.717, 1.165) is 6.54 Å². The van der Waals surface area contributed by atoms with Crippen molar-refractivity contribution in [2.75, 3.05) is 20.6 Å². The zero-order chi connectivity index (χ0) is 14.1. The molecule has 0 spiro atoms. The fraction of sp³-hybridized carbons (Fsp3) is 0.875. The molecule has 0 aliphatic heterocycles. The second-order valence-electron chi connectivity index (χ2n) is 5.55. The minimum Gasteiger partial charge on any atom is -0.378 e. The third-order valence-corrected chi connectivity index (χ3v) is 4.12. The van der Waals surface area contributed by atoms with Gasteiger partial charge in [0.25, 0.3) is 0 Å². The van der Waals surface area contributed by atoms with Gasteiger partial charge in [0.05, 0.1) is 0 Å². The van der Waals surface area contributed by atoms with Crippen LogP contribution in [0.5, 0.6) is 0 Å². The van der Waals surface area contributed by atoms with Gasteiger partial charge in [-0.2, -0.15) is 0 Å². The van der Waals surface area contributed by atoms with E-state index in [9.17, 15) is 0 Å². The third kappa shape index (κ3) is 5.90. The molecule has 108 valence electrons. The van der Waals surface area contributed by atoms with Crippen molar-refractivity contribution in [1.29, 1.82) is 0 Å². The Morgan fingerprint density at radius 2 is 1.67 bits per heavy atom. The number of hydrogen-bond acceptors (Lipinski definition) is 2. The van der Waals surface area contributed by atoms with E-state index in [4.69, 9.17) is 0 Å². The Hall–Kier alpha value is -0.500. The lowest BCUT2D eigenvalue weighted by Gasteiger charge is -2.30. The topological polar surface area (TPSA) is 6.48 Å². The van der Waals surface area contributed by atoms with Gasteiger partial charge in [0, 0.05) is 19.1 Å². The van der Waals surface area contributed by atoms with Crippen molar-refractivity contribution >= 4 is 0 Å². The highest BCUT2D eigenvalue weighted by Crippen LogP contribution is 2.15. The van der Waals surface area contributed by atoms with Gasteiger partial charge in [-0.25, -0.2) is 0 Å². The van der Waals surface area contributed by atoms with E-state index >= 15 is 0 Å². The lowest BCUT2D eigenvalue weighted by molar-refractivity contribution is 0.207. The van der Waals surface area contributed by atoms with Gasteiger partial charge in [-0.05, 0) is 45.5 Å². The Morgan fingerprint density at radius 3 is 2.11 bits per heavy atom. The van der Waals surface area contributed by atoms with E-state index in [1.165, 1.54) is 19.3 Å². The van der Waals surface area contributed by atoms with E-state index in [1.54, 1.807) is 0 Å². The van der Waals surface area contributed by atoms with E-state index < -0.39 is 0 Å². The van der Waals surface area contributed by atoms with Gasteiger partial charge >= 0.3 is 0 Å². The monoisotopic (exact) mass is 254 g/mol. The SMILES string of the molecule is CCCC(C)N(C)/C=C/C(C)C(CC)N(C)CC. The van der Waals surface area contributed by atoms with Crippen LogP contribution in [0.25, 0.3) is 0 Å². The summed E-state index contributed by atoms with van der Waals surface area (Å²) < 4.78 is 0. The van der Waals surface area contributed by atoms with Crippen LogP contribution in [0.1, 0.15) is 53.9 Å². The molecular formula is C16H34N2. The Labute approximate surface area is 115 Å². The molecule has 0 aliphatic carbocycles. The Bertz CT molecular complexity index is 225. The summed E-state index contributed by atoms with van der Waals surface area (Å²) in [5.41, 5.74) is 0. The molecule has 0 bridgehead atoms. The smallest absolute Gasteiger partial charge is 0.0252 e. The highest BCUT2D eigenvalue weighted by Gasteiger charge is 2.16. The fourth-order valence-electron chi connectivity index (χ4n) is 2.49. The van der Waals surface area contributed by atoms with Crippen molar-refractivity contribution in [1.82, 2.24) is 9.80 Å². The molecule has 2 nitrogen and oxygen atoms in total. The molecule has 0 rings (SSSR count). The van der Waals surface area contributed by atoms with Crippen LogP contribution >= 0.6 is 0 Å². The second-order valence-corrected chi connectivity index (χ2v) is 5.55. The number of hydrogen-bond donors (Lipinski definition) is 0. The molecule has 18 heavy (non-hydrogen) atoms. The molecule has 3 atom stereocenters. The summed E-state index contributed by atoms with van der Waals surface area (Å²) in [6.07, 6.45) is 8.38. The summed E-state index contributed by atoms with van der Waals surface area (Å²) in [5, 5.41) is 0. The van der Waals surface area contributed by atoms with Crippen LogP contribution in [0.3, 0.4) is 0 Å². The van der Waals surface area contributed by atoms with Crippen molar-refractivity contribution < 1.29 is 0 Å². The predicted octanol–water partition coefficient (Wildman–Crippen LogP) is 3.99. The van der Waals surface area contributed by atoms with Gasteiger partial charge in [-0.15, -0.1) is 0 Å². The molecule has 2 heteroatoms. The Balaban J connectivity index is 4.38. The minimum absolute atomic E-state index is 0.608. The Kier molecular flexibility index (Phi) is 9.17. The molecule has 0 radical (unpaired) electrons. The van der Waals surface area contributed by atoms with Crippen molar-refractivity contribution in [3.8, 4) is 0 Å². The second kappa shape index (κ2) is 9.43. The van der Waals surface area contributed by atoms with Crippen LogP contribution < -0.4 is 0 Å².